The third kappa shape index (κ3) is 3.16. The van der Waals surface area contributed by atoms with Crippen LogP contribution in [0.1, 0.15) is 25.7 Å². The van der Waals surface area contributed by atoms with E-state index in [-0.39, 0.29) is 25.7 Å². The lowest BCUT2D eigenvalue weighted by molar-refractivity contribution is -0.184. The van der Waals surface area contributed by atoms with Crippen molar-refractivity contribution in [2.45, 2.75) is 36.4 Å². The molecule has 0 spiro atoms. The lowest BCUT2D eigenvalue weighted by Gasteiger charge is -2.32. The molecule has 0 aromatic carbocycles. The number of hydrogen-bond donors (Lipinski definition) is 0. The van der Waals surface area contributed by atoms with Gasteiger partial charge < -0.3 is 0 Å². The van der Waals surface area contributed by atoms with Gasteiger partial charge in [0.15, 0.2) is 0 Å². The van der Waals surface area contributed by atoms with Crippen molar-refractivity contribution in [3.05, 3.63) is 0 Å². The molecule has 1 saturated carbocycles. The first-order valence-electron chi connectivity index (χ1n) is 4.34. The van der Waals surface area contributed by atoms with E-state index in [1.54, 1.807) is 0 Å². The molecule has 0 N–H and O–H groups in total. The highest BCUT2D eigenvalue weighted by Gasteiger charge is 2.45. The summed E-state index contributed by atoms with van der Waals surface area (Å²) in [7, 11) is 0. The van der Waals surface area contributed by atoms with E-state index in [1.165, 1.54) is 0 Å². The number of rotatable bonds is 1. The quantitative estimate of drug-likeness (QED) is 0.478. The van der Waals surface area contributed by atoms with E-state index < -0.39 is 22.6 Å². The van der Waals surface area contributed by atoms with Crippen molar-refractivity contribution in [2.75, 3.05) is 0 Å². The Hall–Kier alpha value is 0.300. The van der Waals surface area contributed by atoms with E-state index in [0.717, 1.165) is 0 Å². The Kier molecular flexibility index (Phi) is 3.58. The standard InChI is InChI=1S/C8H10Cl2F4/c9-7(10,11)5-1-3-6(4-2-5)8(12,13)14/h5-6H,1-4H2. The van der Waals surface area contributed by atoms with Crippen LogP contribution in [0.3, 0.4) is 0 Å². The van der Waals surface area contributed by atoms with Gasteiger partial charge in [-0.25, -0.2) is 4.39 Å². The molecule has 0 unspecified atom stereocenters. The Bertz CT molecular complexity index is 166. The maximum Gasteiger partial charge on any atom is 0.391 e. The summed E-state index contributed by atoms with van der Waals surface area (Å²) in [5.41, 5.74) is 0. The second kappa shape index (κ2) is 4.05. The fourth-order valence-electron chi connectivity index (χ4n) is 1.75. The highest BCUT2D eigenvalue weighted by Crippen LogP contribution is 2.46. The lowest BCUT2D eigenvalue weighted by Crippen LogP contribution is -2.32. The number of halogens is 6. The van der Waals surface area contributed by atoms with E-state index in [1.807, 2.05) is 0 Å². The summed E-state index contributed by atoms with van der Waals surface area (Å²) in [4.78, 5) is 0. The number of hydrogen-bond acceptors (Lipinski definition) is 0. The van der Waals surface area contributed by atoms with Crippen molar-refractivity contribution in [3.8, 4) is 0 Å². The van der Waals surface area contributed by atoms with Gasteiger partial charge in [-0.15, -0.1) is 0 Å². The molecule has 1 fully saturated rings. The summed E-state index contributed by atoms with van der Waals surface area (Å²) in [5.74, 6) is -2.00. The highest BCUT2D eigenvalue weighted by atomic mass is 35.5. The van der Waals surface area contributed by atoms with Gasteiger partial charge in [-0.2, -0.15) is 13.2 Å². The fourth-order valence-corrected chi connectivity index (χ4v) is 2.18. The molecule has 1 aliphatic rings. The number of alkyl halides is 6. The lowest BCUT2D eigenvalue weighted by atomic mass is 9.82. The molecule has 0 heterocycles. The first-order chi connectivity index (χ1) is 6.21. The molecule has 0 aromatic heterocycles. The SMILES string of the molecule is FC(F)(F)C1CCC(C(F)(Cl)Cl)CC1. The summed E-state index contributed by atoms with van der Waals surface area (Å²) in [6, 6.07) is 0. The van der Waals surface area contributed by atoms with Crippen LogP contribution in [0.4, 0.5) is 17.6 Å². The van der Waals surface area contributed by atoms with Crippen molar-refractivity contribution in [1.29, 1.82) is 0 Å². The zero-order chi connectivity index (χ0) is 11.0. The van der Waals surface area contributed by atoms with Gasteiger partial charge in [0.25, 0.3) is 4.59 Å². The smallest absolute Gasteiger partial charge is 0.208 e. The second-order valence-electron chi connectivity index (χ2n) is 3.63. The summed E-state index contributed by atoms with van der Waals surface area (Å²) >= 11 is 10.4. The minimum Gasteiger partial charge on any atom is -0.208 e. The molecule has 0 atom stereocenters. The zero-order valence-electron chi connectivity index (χ0n) is 7.25. The molecule has 1 rings (SSSR count). The zero-order valence-corrected chi connectivity index (χ0v) is 8.76. The Balaban J connectivity index is 2.47. The molecule has 14 heavy (non-hydrogen) atoms. The molecular weight excluding hydrogens is 243 g/mol. The van der Waals surface area contributed by atoms with Crippen molar-refractivity contribution < 1.29 is 17.6 Å². The molecular formula is C8H10Cl2F4. The molecule has 6 heteroatoms. The Morgan fingerprint density at radius 1 is 0.786 bits per heavy atom. The van der Waals surface area contributed by atoms with Gasteiger partial charge in [0.05, 0.1) is 5.92 Å². The Labute approximate surface area is 89.6 Å². The predicted molar refractivity (Wildman–Crippen MR) is 47.0 cm³/mol. The third-order valence-corrected chi connectivity index (χ3v) is 3.27. The van der Waals surface area contributed by atoms with E-state index in [4.69, 9.17) is 23.2 Å². The molecule has 0 aliphatic heterocycles. The fraction of sp³-hybridized carbons (Fsp3) is 1.00. The minimum atomic E-state index is -4.18. The van der Waals surface area contributed by atoms with Crippen LogP contribution in [-0.4, -0.2) is 10.8 Å². The van der Waals surface area contributed by atoms with Crippen molar-refractivity contribution in [3.63, 3.8) is 0 Å². The van der Waals surface area contributed by atoms with Gasteiger partial charge in [0.2, 0.25) is 0 Å². The van der Waals surface area contributed by atoms with Crippen molar-refractivity contribution in [1.82, 2.24) is 0 Å². The molecule has 0 nitrogen and oxygen atoms in total. The monoisotopic (exact) mass is 252 g/mol. The van der Waals surface area contributed by atoms with Crippen LogP contribution in [0.2, 0.25) is 0 Å². The largest absolute Gasteiger partial charge is 0.391 e. The molecule has 1 aliphatic carbocycles. The summed E-state index contributed by atoms with van der Waals surface area (Å²) in [5, 5.41) is 0. The molecule has 0 saturated heterocycles. The Morgan fingerprint density at radius 2 is 1.14 bits per heavy atom. The molecule has 0 bridgehead atoms. The van der Waals surface area contributed by atoms with Crippen LogP contribution < -0.4 is 0 Å². The van der Waals surface area contributed by atoms with Gasteiger partial charge in [0.1, 0.15) is 0 Å². The van der Waals surface area contributed by atoms with Gasteiger partial charge in [-0.3, -0.25) is 0 Å². The minimum absolute atomic E-state index is 0.0841. The van der Waals surface area contributed by atoms with Crippen LogP contribution in [0, 0.1) is 11.8 Å². The molecule has 84 valence electrons. The van der Waals surface area contributed by atoms with E-state index in [0.29, 0.717) is 0 Å². The van der Waals surface area contributed by atoms with Crippen molar-refractivity contribution in [2.24, 2.45) is 11.8 Å². The third-order valence-electron chi connectivity index (χ3n) is 2.65. The topological polar surface area (TPSA) is 0 Å². The maximum atomic E-state index is 12.9. The van der Waals surface area contributed by atoms with Crippen LogP contribution in [0.15, 0.2) is 0 Å². The van der Waals surface area contributed by atoms with Gasteiger partial charge in [-0.1, -0.05) is 23.2 Å². The predicted octanol–water partition coefficient (Wildman–Crippen LogP) is 4.46. The van der Waals surface area contributed by atoms with E-state index in [9.17, 15) is 17.6 Å². The van der Waals surface area contributed by atoms with Gasteiger partial charge in [-0.05, 0) is 25.7 Å². The normalized spacial score (nSPS) is 30.4. The Morgan fingerprint density at radius 3 is 1.43 bits per heavy atom. The average molecular weight is 253 g/mol. The van der Waals surface area contributed by atoms with Gasteiger partial charge in [0, 0.05) is 5.92 Å². The highest BCUT2D eigenvalue weighted by molar-refractivity contribution is 6.47. The summed E-state index contributed by atoms with van der Waals surface area (Å²) < 4.78 is 47.2. The van der Waals surface area contributed by atoms with Crippen LogP contribution in [0.25, 0.3) is 0 Å². The first kappa shape index (κ1) is 12.4. The van der Waals surface area contributed by atoms with Crippen LogP contribution >= 0.6 is 23.2 Å². The van der Waals surface area contributed by atoms with Gasteiger partial charge >= 0.3 is 6.18 Å². The molecule has 0 amide bonds. The maximum absolute atomic E-state index is 12.9. The first-order valence-corrected chi connectivity index (χ1v) is 5.10. The average Bonchev–Trinajstić information content (AvgIpc) is 2.01. The van der Waals surface area contributed by atoms with Crippen LogP contribution in [-0.2, 0) is 0 Å². The molecule has 0 aromatic rings. The van der Waals surface area contributed by atoms with E-state index >= 15 is 0 Å². The summed E-state index contributed by atoms with van der Waals surface area (Å²) in [6.45, 7) is 0. The molecule has 0 radical (unpaired) electrons. The summed E-state index contributed by atoms with van der Waals surface area (Å²) in [6.07, 6.45) is -4.16. The van der Waals surface area contributed by atoms with Crippen molar-refractivity contribution >= 4 is 23.2 Å². The van der Waals surface area contributed by atoms with E-state index in [2.05, 4.69) is 0 Å². The second-order valence-corrected chi connectivity index (χ2v) is 4.93. The van der Waals surface area contributed by atoms with Crippen LogP contribution in [0.5, 0.6) is 0 Å².